The Labute approximate surface area is 414 Å². The average molecular weight is 985 g/mol. The molecular weight excluding hydrogens is 885 g/mol. The number of hydrogen-bond acceptors (Lipinski definition) is 11. The molecule has 0 spiro atoms. The van der Waals surface area contributed by atoms with Crippen LogP contribution in [-0.2, 0) is 38.7 Å². The maximum absolute atomic E-state index is 12.9. The van der Waals surface area contributed by atoms with Gasteiger partial charge in [0.2, 0.25) is 0 Å². The minimum Gasteiger partial charge on any atom is -0.462 e. The van der Waals surface area contributed by atoms with Gasteiger partial charge in [-0.2, -0.15) is 8.42 Å². The molecule has 0 aromatic rings. The molecule has 0 aromatic heterocycles. The van der Waals surface area contributed by atoms with Crippen molar-refractivity contribution in [3.63, 3.8) is 0 Å². The van der Waals surface area contributed by atoms with E-state index in [1.165, 1.54) is 154 Å². The van der Waals surface area contributed by atoms with Crippen molar-refractivity contribution in [2.75, 3.05) is 19.0 Å². The van der Waals surface area contributed by atoms with Crippen molar-refractivity contribution >= 4 is 22.1 Å². The Balaban J connectivity index is 2.35. The number of aliphatic hydroxyl groups is 3. The first-order valence-electron chi connectivity index (χ1n) is 27.5. The number of hydrogen-bond donors (Lipinski definition) is 4. The lowest BCUT2D eigenvalue weighted by Crippen LogP contribution is -2.60. The summed E-state index contributed by atoms with van der Waals surface area (Å²) in [6, 6.07) is 0. The molecule has 0 aliphatic carbocycles. The Morgan fingerprint density at radius 1 is 0.485 bits per heavy atom. The van der Waals surface area contributed by atoms with E-state index in [0.717, 1.165) is 44.9 Å². The van der Waals surface area contributed by atoms with Crippen molar-refractivity contribution in [2.45, 2.75) is 282 Å². The summed E-state index contributed by atoms with van der Waals surface area (Å²) in [6.07, 6.45) is 44.8. The van der Waals surface area contributed by atoms with E-state index >= 15 is 0 Å². The van der Waals surface area contributed by atoms with Crippen LogP contribution in [-0.4, -0.2) is 96.0 Å². The molecule has 0 amide bonds. The Hall–Kier alpha value is -2.13. The summed E-state index contributed by atoms with van der Waals surface area (Å²) in [7, 11) is -4.61. The van der Waals surface area contributed by atoms with Crippen molar-refractivity contribution in [3.8, 4) is 0 Å². The first kappa shape index (κ1) is 63.9. The third kappa shape index (κ3) is 38.6. The first-order chi connectivity index (χ1) is 33.0. The fourth-order valence-electron chi connectivity index (χ4n) is 8.40. The molecule has 6 atom stereocenters. The second-order valence-electron chi connectivity index (χ2n) is 19.2. The fraction of sp³-hybridized carbons (Fsp3) is 0.855. The minimum atomic E-state index is -4.61. The van der Waals surface area contributed by atoms with Gasteiger partial charge in [0.15, 0.2) is 12.4 Å². The summed E-state index contributed by atoms with van der Waals surface area (Å²) in [5.41, 5.74) is 0. The van der Waals surface area contributed by atoms with Gasteiger partial charge in [0.1, 0.15) is 36.8 Å². The molecule has 398 valence electrons. The van der Waals surface area contributed by atoms with Crippen LogP contribution < -0.4 is 0 Å². The van der Waals surface area contributed by atoms with E-state index in [4.69, 9.17) is 18.9 Å². The summed E-state index contributed by atoms with van der Waals surface area (Å²) in [5.74, 6) is -2.03. The molecule has 2 unspecified atom stereocenters. The van der Waals surface area contributed by atoms with Crippen LogP contribution in [0.25, 0.3) is 0 Å². The van der Waals surface area contributed by atoms with Crippen LogP contribution in [0.1, 0.15) is 245 Å². The molecule has 0 aromatic carbocycles. The van der Waals surface area contributed by atoms with E-state index < -0.39 is 71.2 Å². The van der Waals surface area contributed by atoms with Crippen molar-refractivity contribution < 1.29 is 56.8 Å². The van der Waals surface area contributed by atoms with E-state index in [1.807, 2.05) is 0 Å². The molecule has 1 rings (SSSR count). The van der Waals surface area contributed by atoms with Crippen LogP contribution in [0.5, 0.6) is 0 Å². The highest BCUT2D eigenvalue weighted by Gasteiger charge is 2.46. The topological polar surface area (TPSA) is 186 Å². The largest absolute Gasteiger partial charge is 0.462 e. The number of rotatable bonds is 47. The summed E-state index contributed by atoms with van der Waals surface area (Å²) >= 11 is 0. The predicted octanol–water partition coefficient (Wildman–Crippen LogP) is 12.9. The van der Waals surface area contributed by atoms with Crippen molar-refractivity contribution in [1.82, 2.24) is 0 Å². The molecule has 0 saturated carbocycles. The van der Waals surface area contributed by atoms with Gasteiger partial charge in [-0.25, -0.2) is 0 Å². The molecular formula is C55H100O12S. The van der Waals surface area contributed by atoms with Gasteiger partial charge in [0, 0.05) is 12.8 Å². The molecule has 4 N–H and O–H groups in total. The van der Waals surface area contributed by atoms with Crippen LogP contribution in [0, 0.1) is 0 Å². The van der Waals surface area contributed by atoms with Gasteiger partial charge >= 0.3 is 11.9 Å². The Kier molecular flexibility index (Phi) is 42.1. The maximum Gasteiger partial charge on any atom is 0.306 e. The molecule has 1 saturated heterocycles. The molecule has 12 nitrogen and oxygen atoms in total. The lowest BCUT2D eigenvalue weighted by atomic mass is 10.00. The number of carbonyl (C=O) groups is 2. The molecule has 68 heavy (non-hydrogen) atoms. The quantitative estimate of drug-likeness (QED) is 0.0196. The van der Waals surface area contributed by atoms with E-state index in [1.54, 1.807) is 0 Å². The number of unbranched alkanes of at least 4 members (excludes halogenated alkanes) is 29. The predicted molar refractivity (Wildman–Crippen MR) is 275 cm³/mol. The fourth-order valence-corrected chi connectivity index (χ4v) is 9.09. The van der Waals surface area contributed by atoms with Crippen LogP contribution in [0.3, 0.4) is 0 Å². The minimum absolute atomic E-state index is 0.155. The SMILES string of the molecule is CCCCCC/C=C/CCCCCCCCCCCC(=O)O[C@H](COC(=O)CCC/C=C/CC/C=C/CCCCCCCCCCCCCCCC)CO[C@H]1O[C@H](CS(=O)(=O)O)[C@@H](O)C(O)C1O. The lowest BCUT2D eigenvalue weighted by molar-refractivity contribution is -0.297. The van der Waals surface area contributed by atoms with Gasteiger partial charge in [0.05, 0.1) is 6.61 Å². The highest BCUT2D eigenvalue weighted by atomic mass is 32.2. The zero-order valence-corrected chi connectivity index (χ0v) is 43.8. The number of aliphatic hydroxyl groups excluding tert-OH is 3. The van der Waals surface area contributed by atoms with Gasteiger partial charge in [-0.3, -0.25) is 14.1 Å². The Morgan fingerprint density at radius 2 is 0.868 bits per heavy atom. The van der Waals surface area contributed by atoms with E-state index in [0.29, 0.717) is 19.3 Å². The molecule has 1 aliphatic rings. The monoisotopic (exact) mass is 985 g/mol. The summed E-state index contributed by atoms with van der Waals surface area (Å²) in [6.45, 7) is 3.76. The van der Waals surface area contributed by atoms with Crippen molar-refractivity contribution in [2.24, 2.45) is 0 Å². The average Bonchev–Trinajstić information content (AvgIpc) is 3.31. The highest BCUT2D eigenvalue weighted by molar-refractivity contribution is 7.85. The Bertz CT molecular complexity index is 1380. The third-order valence-electron chi connectivity index (χ3n) is 12.7. The normalized spacial score (nSPS) is 19.4. The smallest absolute Gasteiger partial charge is 0.306 e. The highest BCUT2D eigenvalue weighted by Crippen LogP contribution is 2.24. The van der Waals surface area contributed by atoms with E-state index in [2.05, 4.69) is 50.3 Å². The zero-order chi connectivity index (χ0) is 49.8. The van der Waals surface area contributed by atoms with Gasteiger partial charge in [-0.1, -0.05) is 198 Å². The van der Waals surface area contributed by atoms with Gasteiger partial charge in [-0.15, -0.1) is 0 Å². The Morgan fingerprint density at radius 3 is 1.32 bits per heavy atom. The molecule has 13 heteroatoms. The second-order valence-corrected chi connectivity index (χ2v) is 20.7. The maximum atomic E-state index is 12.9. The number of esters is 2. The van der Waals surface area contributed by atoms with Gasteiger partial charge < -0.3 is 34.3 Å². The third-order valence-corrected chi connectivity index (χ3v) is 13.4. The lowest BCUT2D eigenvalue weighted by Gasteiger charge is -2.40. The first-order valence-corrected chi connectivity index (χ1v) is 29.2. The molecule has 1 heterocycles. The molecule has 1 aliphatic heterocycles. The standard InChI is InChI=1S/C55H100O12S/c1-3-5-7-9-11-13-15-17-19-21-22-23-24-25-26-28-29-31-33-35-37-39-41-43-50(56)64-45-48(46-65-55-54(60)53(59)52(58)49(67-55)47-68(61,62)63)66-51(57)44-42-40-38-36-34-32-30-27-20-18-16-14-12-10-8-6-4-2/h14,16,28-29,35,37,48-49,52-55,58-60H,3-13,15,17-27,30-34,36,38-47H2,1-2H3,(H,61,62,63)/b16-14+,29-28+,37-35+/t48-,49-,52-,53?,54?,55+/m1/s1. The van der Waals surface area contributed by atoms with Gasteiger partial charge in [0.25, 0.3) is 10.1 Å². The van der Waals surface area contributed by atoms with Crippen LogP contribution in [0.4, 0.5) is 0 Å². The zero-order valence-electron chi connectivity index (χ0n) is 43.0. The van der Waals surface area contributed by atoms with Crippen molar-refractivity contribution in [1.29, 1.82) is 0 Å². The molecule has 0 radical (unpaired) electrons. The number of carbonyl (C=O) groups excluding carboxylic acids is 2. The van der Waals surface area contributed by atoms with Crippen LogP contribution in [0.15, 0.2) is 36.5 Å². The van der Waals surface area contributed by atoms with Crippen LogP contribution >= 0.6 is 0 Å². The molecule has 1 fully saturated rings. The van der Waals surface area contributed by atoms with Gasteiger partial charge in [-0.05, 0) is 70.6 Å². The number of allylic oxidation sites excluding steroid dienone is 6. The van der Waals surface area contributed by atoms with Crippen molar-refractivity contribution in [3.05, 3.63) is 36.5 Å². The second kappa shape index (κ2) is 44.8. The summed E-state index contributed by atoms with van der Waals surface area (Å²) in [5, 5.41) is 31.0. The number of ether oxygens (including phenoxy) is 4. The van der Waals surface area contributed by atoms with E-state index in [9.17, 15) is 37.9 Å². The van der Waals surface area contributed by atoms with E-state index in [-0.39, 0.29) is 19.4 Å². The summed E-state index contributed by atoms with van der Waals surface area (Å²) < 4.78 is 54.3. The molecule has 0 bridgehead atoms. The summed E-state index contributed by atoms with van der Waals surface area (Å²) in [4.78, 5) is 25.5. The van der Waals surface area contributed by atoms with Crippen LogP contribution in [0.2, 0.25) is 0 Å².